The summed E-state index contributed by atoms with van der Waals surface area (Å²) in [4.78, 5) is 18.9. The molecular weight excluding hydrogens is 465 g/mol. The second kappa shape index (κ2) is 10.5. The van der Waals surface area contributed by atoms with Crippen LogP contribution >= 0.6 is 46.7 Å². The molecule has 0 spiro atoms. The van der Waals surface area contributed by atoms with Gasteiger partial charge < -0.3 is 16.0 Å². The van der Waals surface area contributed by atoms with E-state index in [1.165, 1.54) is 23.1 Å². The zero-order valence-electron chi connectivity index (χ0n) is 16.2. The first-order valence-corrected chi connectivity index (χ1v) is 12.5. The Morgan fingerprint density at radius 2 is 1.74 bits per heavy atom. The van der Waals surface area contributed by atoms with Crippen LogP contribution in [0.25, 0.3) is 10.6 Å². The van der Waals surface area contributed by atoms with E-state index in [0.29, 0.717) is 16.0 Å². The molecule has 0 aliphatic heterocycles. The smallest absolute Gasteiger partial charge is 0.236 e. The van der Waals surface area contributed by atoms with E-state index in [4.69, 9.17) is 12.2 Å². The molecule has 156 valence electrons. The summed E-state index contributed by atoms with van der Waals surface area (Å²) in [5.41, 5.74) is 2.67. The Kier molecular flexibility index (Phi) is 7.31. The van der Waals surface area contributed by atoms with E-state index in [0.717, 1.165) is 26.8 Å². The molecule has 9 heteroatoms. The molecule has 0 atom stereocenters. The molecule has 0 unspecified atom stereocenters. The quantitative estimate of drug-likeness (QED) is 0.209. The van der Waals surface area contributed by atoms with Crippen molar-refractivity contribution < 1.29 is 4.79 Å². The number of thiocarbonyl (C=S) groups is 1. The lowest BCUT2D eigenvalue weighted by Gasteiger charge is -2.11. The standard InChI is InChI=1S/C22H18N4OS4/c27-20(26-22-25-18(13-31-22)19-10-5-11-29-19)14-30-17-9-4-8-16(12-17)24-21(28)23-15-6-2-1-3-7-15/h1-13H,14H2,(H2,23,24,28)(H,25,26,27). The van der Waals surface area contributed by atoms with Crippen LogP contribution in [0.3, 0.4) is 0 Å². The Hall–Kier alpha value is -2.72. The molecule has 0 fully saturated rings. The van der Waals surface area contributed by atoms with Crippen LogP contribution in [0.2, 0.25) is 0 Å². The van der Waals surface area contributed by atoms with Crippen molar-refractivity contribution in [2.45, 2.75) is 4.90 Å². The van der Waals surface area contributed by atoms with Crippen LogP contribution in [-0.4, -0.2) is 21.8 Å². The van der Waals surface area contributed by atoms with Crippen molar-refractivity contribution in [1.29, 1.82) is 0 Å². The largest absolute Gasteiger partial charge is 0.332 e. The number of thioether (sulfide) groups is 1. The summed E-state index contributed by atoms with van der Waals surface area (Å²) in [5, 5.41) is 14.3. The van der Waals surface area contributed by atoms with Gasteiger partial charge in [-0.05, 0) is 54.0 Å². The highest BCUT2D eigenvalue weighted by atomic mass is 32.2. The SMILES string of the molecule is O=C(CSc1cccc(NC(=S)Nc2ccccc2)c1)Nc1nc(-c2cccs2)cs1. The van der Waals surface area contributed by atoms with Gasteiger partial charge in [0.15, 0.2) is 10.2 Å². The molecule has 0 bridgehead atoms. The second-order valence-corrected chi connectivity index (χ2v) is 9.59. The number of nitrogens with zero attached hydrogens (tertiary/aromatic N) is 1. The Bertz CT molecular complexity index is 1160. The number of amides is 1. The molecule has 4 rings (SSSR count). The van der Waals surface area contributed by atoms with Crippen LogP contribution in [0.15, 0.2) is 82.4 Å². The first-order chi connectivity index (χ1) is 15.2. The summed E-state index contributed by atoms with van der Waals surface area (Å²) < 4.78 is 0. The summed E-state index contributed by atoms with van der Waals surface area (Å²) in [5.74, 6) is 0.209. The van der Waals surface area contributed by atoms with Crippen molar-refractivity contribution in [3.8, 4) is 10.6 Å². The van der Waals surface area contributed by atoms with Gasteiger partial charge in [0.05, 0.1) is 16.3 Å². The van der Waals surface area contributed by atoms with Crippen molar-refractivity contribution in [3.05, 3.63) is 77.5 Å². The number of thiophene rings is 1. The highest BCUT2D eigenvalue weighted by Crippen LogP contribution is 2.28. The summed E-state index contributed by atoms with van der Waals surface area (Å²) in [6.45, 7) is 0. The van der Waals surface area contributed by atoms with Crippen molar-refractivity contribution >= 4 is 74.2 Å². The Morgan fingerprint density at radius 3 is 2.55 bits per heavy atom. The van der Waals surface area contributed by atoms with Gasteiger partial charge in [-0.25, -0.2) is 4.98 Å². The monoisotopic (exact) mass is 482 g/mol. The molecule has 0 aliphatic rings. The molecule has 0 radical (unpaired) electrons. The van der Waals surface area contributed by atoms with Gasteiger partial charge in [0.25, 0.3) is 0 Å². The maximum Gasteiger partial charge on any atom is 0.236 e. The molecule has 2 aromatic carbocycles. The molecule has 2 aromatic heterocycles. The number of para-hydroxylation sites is 1. The number of anilines is 3. The topological polar surface area (TPSA) is 66.1 Å². The van der Waals surface area contributed by atoms with E-state index >= 15 is 0 Å². The molecule has 3 N–H and O–H groups in total. The van der Waals surface area contributed by atoms with Gasteiger partial charge in [-0.1, -0.05) is 30.3 Å². The van der Waals surface area contributed by atoms with Crippen molar-refractivity contribution in [2.75, 3.05) is 21.7 Å². The zero-order valence-corrected chi connectivity index (χ0v) is 19.5. The summed E-state index contributed by atoms with van der Waals surface area (Å²) in [7, 11) is 0. The molecule has 31 heavy (non-hydrogen) atoms. The lowest BCUT2D eigenvalue weighted by atomic mass is 10.3. The molecule has 2 heterocycles. The number of aromatic nitrogens is 1. The van der Waals surface area contributed by atoms with Crippen LogP contribution in [0.1, 0.15) is 0 Å². The van der Waals surface area contributed by atoms with E-state index in [9.17, 15) is 4.79 Å². The van der Waals surface area contributed by atoms with Crippen molar-refractivity contribution in [2.24, 2.45) is 0 Å². The average molecular weight is 483 g/mol. The minimum Gasteiger partial charge on any atom is -0.332 e. The fraction of sp³-hybridized carbons (Fsp3) is 0.0455. The fourth-order valence-corrected chi connectivity index (χ4v) is 5.13. The summed E-state index contributed by atoms with van der Waals surface area (Å²) >= 11 is 9.89. The predicted molar refractivity (Wildman–Crippen MR) is 138 cm³/mol. The van der Waals surface area contributed by atoms with Gasteiger partial charge in [-0.3, -0.25) is 4.79 Å². The van der Waals surface area contributed by atoms with Crippen LogP contribution in [0.5, 0.6) is 0 Å². The number of hydrogen-bond donors (Lipinski definition) is 3. The number of rotatable bonds is 7. The van der Waals surface area contributed by atoms with E-state index in [-0.39, 0.29) is 5.91 Å². The van der Waals surface area contributed by atoms with E-state index in [1.54, 1.807) is 11.3 Å². The lowest BCUT2D eigenvalue weighted by molar-refractivity contribution is -0.113. The third-order valence-corrected chi connectivity index (χ3v) is 6.87. The maximum absolute atomic E-state index is 12.3. The number of carbonyl (C=O) groups excluding carboxylic acids is 1. The van der Waals surface area contributed by atoms with Gasteiger partial charge in [0.2, 0.25) is 5.91 Å². The number of hydrogen-bond acceptors (Lipinski definition) is 6. The average Bonchev–Trinajstić information content (AvgIpc) is 3.45. The number of carbonyl (C=O) groups is 1. The zero-order chi connectivity index (χ0) is 21.5. The first kappa shape index (κ1) is 21.5. The third-order valence-electron chi connectivity index (χ3n) is 4.02. The molecule has 0 aliphatic carbocycles. The van der Waals surface area contributed by atoms with Crippen molar-refractivity contribution in [1.82, 2.24) is 4.98 Å². The fourth-order valence-electron chi connectivity index (χ4n) is 2.65. The van der Waals surface area contributed by atoms with E-state index in [1.807, 2.05) is 77.5 Å². The number of thiazole rings is 1. The van der Waals surface area contributed by atoms with Crippen LogP contribution in [0, 0.1) is 0 Å². The minimum atomic E-state index is -0.0864. The summed E-state index contributed by atoms with van der Waals surface area (Å²) in [6, 6.07) is 21.6. The van der Waals surface area contributed by atoms with Gasteiger partial charge in [-0.15, -0.1) is 34.4 Å². The van der Waals surface area contributed by atoms with E-state index < -0.39 is 0 Å². The minimum absolute atomic E-state index is 0.0864. The predicted octanol–water partition coefficient (Wildman–Crippen LogP) is 6.41. The van der Waals surface area contributed by atoms with Crippen molar-refractivity contribution in [3.63, 3.8) is 0 Å². The Balaban J connectivity index is 1.28. The van der Waals surface area contributed by atoms with Crippen LogP contribution in [0.4, 0.5) is 16.5 Å². The van der Waals surface area contributed by atoms with Gasteiger partial charge >= 0.3 is 0 Å². The molecule has 5 nitrogen and oxygen atoms in total. The van der Waals surface area contributed by atoms with Gasteiger partial charge in [0, 0.05) is 21.7 Å². The van der Waals surface area contributed by atoms with Crippen LogP contribution < -0.4 is 16.0 Å². The Morgan fingerprint density at radius 1 is 0.935 bits per heavy atom. The molecule has 4 aromatic rings. The van der Waals surface area contributed by atoms with Crippen LogP contribution in [-0.2, 0) is 4.79 Å². The lowest BCUT2D eigenvalue weighted by Crippen LogP contribution is -2.19. The molecule has 0 saturated carbocycles. The highest BCUT2D eigenvalue weighted by Gasteiger charge is 2.09. The first-order valence-electron chi connectivity index (χ1n) is 9.31. The molecular formula is C22H18N4OS4. The van der Waals surface area contributed by atoms with Gasteiger partial charge in [-0.2, -0.15) is 0 Å². The third kappa shape index (κ3) is 6.38. The summed E-state index contributed by atoms with van der Waals surface area (Å²) in [6.07, 6.45) is 0. The molecule has 1 amide bonds. The Labute approximate surface area is 197 Å². The number of nitrogens with one attached hydrogen (secondary N) is 3. The normalized spacial score (nSPS) is 10.5. The highest BCUT2D eigenvalue weighted by molar-refractivity contribution is 8.00. The maximum atomic E-state index is 12.3. The number of benzene rings is 2. The van der Waals surface area contributed by atoms with Gasteiger partial charge in [0.1, 0.15) is 0 Å². The van der Waals surface area contributed by atoms with E-state index in [2.05, 4.69) is 20.9 Å². The molecule has 0 saturated heterocycles. The second-order valence-electron chi connectivity index (χ2n) is 6.33.